The van der Waals surface area contributed by atoms with E-state index in [2.05, 4.69) is 15.6 Å². The number of thiazole rings is 1. The van der Waals surface area contributed by atoms with Crippen LogP contribution in [0.5, 0.6) is 0 Å². The lowest BCUT2D eigenvalue weighted by molar-refractivity contribution is -0.137. The first-order valence-electron chi connectivity index (χ1n) is 6.25. The van der Waals surface area contributed by atoms with Crippen LogP contribution < -0.4 is 10.6 Å². The maximum absolute atomic E-state index is 11.6. The molecule has 6 nitrogen and oxygen atoms in total. The molecule has 3 N–H and O–H groups in total. The first-order valence-corrected chi connectivity index (χ1v) is 7.13. The summed E-state index contributed by atoms with van der Waals surface area (Å²) in [6.45, 7) is 0.460. The fourth-order valence-corrected chi connectivity index (χ4v) is 2.43. The van der Waals surface area contributed by atoms with E-state index in [1.54, 1.807) is 11.6 Å². The Kier molecular flexibility index (Phi) is 4.89. The third kappa shape index (κ3) is 4.20. The maximum Gasteiger partial charge on any atom is 0.319 e. The molecule has 1 aromatic heterocycles. The Morgan fingerprint density at radius 2 is 2.15 bits per heavy atom. The Hall–Kier alpha value is -2.15. The van der Waals surface area contributed by atoms with Crippen molar-refractivity contribution in [3.63, 3.8) is 0 Å². The number of hydrogen-bond acceptors (Lipinski definition) is 4. The molecule has 106 valence electrons. The second-order valence-electron chi connectivity index (χ2n) is 4.27. The van der Waals surface area contributed by atoms with Crippen LogP contribution in [0, 0.1) is 0 Å². The summed E-state index contributed by atoms with van der Waals surface area (Å²) in [6.07, 6.45) is 1.33. The van der Waals surface area contributed by atoms with Gasteiger partial charge in [0.1, 0.15) is 0 Å². The van der Waals surface area contributed by atoms with Crippen molar-refractivity contribution >= 4 is 39.2 Å². The minimum atomic E-state index is -0.813. The van der Waals surface area contributed by atoms with Crippen LogP contribution in [-0.2, 0) is 4.79 Å². The summed E-state index contributed by atoms with van der Waals surface area (Å²) in [4.78, 5) is 26.1. The number of rotatable bonds is 6. The van der Waals surface area contributed by atoms with Gasteiger partial charge in [-0.25, -0.2) is 9.78 Å². The van der Waals surface area contributed by atoms with Crippen LogP contribution in [0.3, 0.4) is 0 Å². The number of anilines is 1. The maximum atomic E-state index is 11.6. The number of amides is 2. The molecule has 2 aromatic rings. The minimum absolute atomic E-state index is 0.130. The molecule has 0 saturated heterocycles. The molecule has 1 aromatic carbocycles. The van der Waals surface area contributed by atoms with Gasteiger partial charge in [0.25, 0.3) is 0 Å². The van der Waals surface area contributed by atoms with Crippen molar-refractivity contribution in [2.75, 3.05) is 11.9 Å². The van der Waals surface area contributed by atoms with E-state index in [1.807, 2.05) is 12.1 Å². The Morgan fingerprint density at radius 3 is 2.95 bits per heavy atom. The number of benzene rings is 1. The van der Waals surface area contributed by atoms with Crippen molar-refractivity contribution < 1.29 is 14.7 Å². The number of nitrogens with zero attached hydrogens (tertiary/aromatic N) is 1. The number of hydrogen-bond donors (Lipinski definition) is 3. The molecule has 7 heteroatoms. The zero-order valence-electron chi connectivity index (χ0n) is 10.8. The Labute approximate surface area is 119 Å². The largest absolute Gasteiger partial charge is 0.481 e. The molecule has 2 rings (SSSR count). The summed E-state index contributed by atoms with van der Waals surface area (Å²) in [5.41, 5.74) is 3.39. The van der Waals surface area contributed by atoms with Gasteiger partial charge >= 0.3 is 12.0 Å². The van der Waals surface area contributed by atoms with Gasteiger partial charge < -0.3 is 15.7 Å². The van der Waals surface area contributed by atoms with Crippen LogP contribution in [0.25, 0.3) is 10.2 Å². The molecule has 0 bridgehead atoms. The van der Waals surface area contributed by atoms with Gasteiger partial charge in [-0.05, 0) is 31.0 Å². The molecule has 0 radical (unpaired) electrons. The number of urea groups is 1. The molecule has 0 aliphatic carbocycles. The Morgan fingerprint density at radius 1 is 1.30 bits per heavy atom. The number of nitrogens with one attached hydrogen (secondary N) is 2. The molecule has 0 fully saturated rings. The fourth-order valence-electron chi connectivity index (χ4n) is 1.71. The molecule has 0 atom stereocenters. The Balaban J connectivity index is 1.75. The van der Waals surface area contributed by atoms with Crippen molar-refractivity contribution in [2.24, 2.45) is 0 Å². The molecule has 0 spiro atoms. The predicted molar refractivity (Wildman–Crippen MR) is 78.1 cm³/mol. The number of carbonyl (C=O) groups excluding carboxylic acids is 1. The minimum Gasteiger partial charge on any atom is -0.481 e. The molecule has 1 heterocycles. The van der Waals surface area contributed by atoms with E-state index in [0.29, 0.717) is 25.1 Å². The van der Waals surface area contributed by atoms with Crippen molar-refractivity contribution in [2.45, 2.75) is 19.3 Å². The first kappa shape index (κ1) is 14.3. The van der Waals surface area contributed by atoms with Crippen LogP contribution in [0.15, 0.2) is 23.7 Å². The number of fused-ring (bicyclic) bond motifs is 1. The molecular weight excluding hydrogens is 278 g/mol. The zero-order chi connectivity index (χ0) is 14.4. The third-order valence-electron chi connectivity index (χ3n) is 2.69. The van der Waals surface area contributed by atoms with Gasteiger partial charge in [0.2, 0.25) is 0 Å². The van der Waals surface area contributed by atoms with Gasteiger partial charge in [0.15, 0.2) is 0 Å². The molecule has 2 amide bonds. The highest BCUT2D eigenvalue weighted by molar-refractivity contribution is 7.16. The molecule has 0 unspecified atom stereocenters. The Bertz CT molecular complexity index is 612. The second kappa shape index (κ2) is 6.85. The highest BCUT2D eigenvalue weighted by atomic mass is 32.1. The smallest absolute Gasteiger partial charge is 0.319 e. The van der Waals surface area contributed by atoms with E-state index in [1.165, 1.54) is 11.3 Å². The number of aliphatic carboxylic acids is 1. The topological polar surface area (TPSA) is 91.3 Å². The SMILES string of the molecule is O=C(O)CCCCNC(=O)Nc1ccc2ncsc2c1. The van der Waals surface area contributed by atoms with Crippen LogP contribution in [0.4, 0.5) is 10.5 Å². The average molecular weight is 293 g/mol. The number of carboxylic acids is 1. The van der Waals surface area contributed by atoms with E-state index in [-0.39, 0.29) is 12.5 Å². The molecular formula is C13H15N3O3S. The van der Waals surface area contributed by atoms with Crippen LogP contribution >= 0.6 is 11.3 Å². The number of aromatic nitrogens is 1. The zero-order valence-corrected chi connectivity index (χ0v) is 11.6. The van der Waals surface area contributed by atoms with Gasteiger partial charge in [-0.3, -0.25) is 4.79 Å². The lowest BCUT2D eigenvalue weighted by Crippen LogP contribution is -2.29. The van der Waals surface area contributed by atoms with Gasteiger partial charge in [-0.15, -0.1) is 11.3 Å². The van der Waals surface area contributed by atoms with Crippen LogP contribution in [-0.4, -0.2) is 28.6 Å². The van der Waals surface area contributed by atoms with E-state index in [4.69, 9.17) is 5.11 Å². The number of unbranched alkanes of at least 4 members (excludes halogenated alkanes) is 1. The van der Waals surface area contributed by atoms with Gasteiger partial charge in [0.05, 0.1) is 15.7 Å². The standard InChI is InChI=1S/C13H15N3O3S/c17-12(18)3-1-2-6-14-13(19)16-9-4-5-10-11(7-9)20-8-15-10/h4-5,7-8H,1-3,6H2,(H,17,18)(H2,14,16,19). The first-order chi connectivity index (χ1) is 9.65. The van der Waals surface area contributed by atoms with Crippen molar-refractivity contribution in [3.8, 4) is 0 Å². The van der Waals surface area contributed by atoms with Gasteiger partial charge in [-0.2, -0.15) is 0 Å². The van der Waals surface area contributed by atoms with Gasteiger partial charge in [-0.1, -0.05) is 0 Å². The molecule has 0 aliphatic rings. The second-order valence-corrected chi connectivity index (χ2v) is 5.15. The molecule has 0 saturated carbocycles. The highest BCUT2D eigenvalue weighted by Crippen LogP contribution is 2.21. The number of carbonyl (C=O) groups is 2. The fraction of sp³-hybridized carbons (Fsp3) is 0.308. The quantitative estimate of drug-likeness (QED) is 0.714. The van der Waals surface area contributed by atoms with Crippen molar-refractivity contribution in [1.29, 1.82) is 0 Å². The number of carboxylic acid groups (broad SMARTS) is 1. The molecule has 20 heavy (non-hydrogen) atoms. The summed E-state index contributed by atoms with van der Waals surface area (Å²) < 4.78 is 1.02. The van der Waals surface area contributed by atoms with E-state index in [0.717, 1.165) is 10.2 Å². The summed E-state index contributed by atoms with van der Waals surface area (Å²) in [5.74, 6) is -0.813. The highest BCUT2D eigenvalue weighted by Gasteiger charge is 2.03. The lowest BCUT2D eigenvalue weighted by atomic mass is 10.2. The summed E-state index contributed by atoms with van der Waals surface area (Å²) in [6, 6.07) is 5.24. The monoisotopic (exact) mass is 293 g/mol. The normalized spacial score (nSPS) is 10.4. The summed E-state index contributed by atoms with van der Waals surface area (Å²) in [7, 11) is 0. The van der Waals surface area contributed by atoms with Crippen molar-refractivity contribution in [1.82, 2.24) is 10.3 Å². The van der Waals surface area contributed by atoms with E-state index >= 15 is 0 Å². The van der Waals surface area contributed by atoms with Gasteiger partial charge in [0, 0.05) is 18.7 Å². The van der Waals surface area contributed by atoms with Crippen LogP contribution in [0.1, 0.15) is 19.3 Å². The summed E-state index contributed by atoms with van der Waals surface area (Å²) >= 11 is 1.52. The van der Waals surface area contributed by atoms with Crippen LogP contribution in [0.2, 0.25) is 0 Å². The van der Waals surface area contributed by atoms with E-state index in [9.17, 15) is 9.59 Å². The summed E-state index contributed by atoms with van der Waals surface area (Å²) in [5, 5.41) is 13.9. The third-order valence-corrected chi connectivity index (χ3v) is 3.48. The molecule has 0 aliphatic heterocycles. The average Bonchev–Trinajstić information content (AvgIpc) is 2.85. The lowest BCUT2D eigenvalue weighted by Gasteiger charge is -2.07. The van der Waals surface area contributed by atoms with E-state index < -0.39 is 5.97 Å². The van der Waals surface area contributed by atoms with Crippen molar-refractivity contribution in [3.05, 3.63) is 23.7 Å². The predicted octanol–water partition coefficient (Wildman–Crippen LogP) is 2.67.